The predicted molar refractivity (Wildman–Crippen MR) is 56.7 cm³/mol. The molecule has 0 aliphatic heterocycles. The van der Waals surface area contributed by atoms with Crippen molar-refractivity contribution in [2.45, 2.75) is 30.8 Å². The third-order valence-corrected chi connectivity index (χ3v) is 2.88. The van der Waals surface area contributed by atoms with Crippen LogP contribution in [0.3, 0.4) is 0 Å². The molecule has 1 aliphatic rings. The van der Waals surface area contributed by atoms with E-state index in [1.165, 1.54) is 0 Å². The number of halogens is 4. The Hall–Kier alpha value is 0. The van der Waals surface area contributed by atoms with Crippen molar-refractivity contribution in [3.63, 3.8) is 0 Å². The molecule has 1 aliphatic carbocycles. The number of rotatable bonds is 7. The van der Waals surface area contributed by atoms with Crippen LogP contribution in [0.4, 0.5) is 13.2 Å². The average molecular weight is 260 g/mol. The van der Waals surface area contributed by atoms with Gasteiger partial charge in [-0.15, -0.1) is 11.6 Å². The summed E-state index contributed by atoms with van der Waals surface area (Å²) in [5, 5.41) is 3.51. The molecule has 0 radical (unpaired) electrons. The largest absolute Gasteiger partial charge is 0.411 e. The Labute approximate surface area is 98.5 Å². The summed E-state index contributed by atoms with van der Waals surface area (Å²) in [6, 6.07) is 0. The molecular weight excluding hydrogens is 243 g/mol. The summed E-state index contributed by atoms with van der Waals surface area (Å²) < 4.78 is 39.5. The molecule has 0 unspecified atom stereocenters. The van der Waals surface area contributed by atoms with Gasteiger partial charge < -0.3 is 10.1 Å². The molecule has 0 atom stereocenters. The summed E-state index contributed by atoms with van der Waals surface area (Å²) in [4.78, 5) is 0. The fraction of sp³-hybridized carbons (Fsp3) is 1.00. The average Bonchev–Trinajstić information content (AvgIpc) is 2.11. The zero-order chi connectivity index (χ0) is 12.0. The van der Waals surface area contributed by atoms with Crippen LogP contribution >= 0.6 is 11.6 Å². The third-order valence-electron chi connectivity index (χ3n) is 2.52. The topological polar surface area (TPSA) is 21.3 Å². The Morgan fingerprint density at radius 2 is 2.00 bits per heavy atom. The van der Waals surface area contributed by atoms with E-state index in [9.17, 15) is 13.2 Å². The maximum atomic E-state index is 11.7. The molecule has 0 aromatic rings. The quantitative estimate of drug-likeness (QED) is 0.560. The molecule has 2 nitrogen and oxygen atoms in total. The summed E-state index contributed by atoms with van der Waals surface area (Å²) in [5.74, 6) is 0.638. The molecule has 16 heavy (non-hydrogen) atoms. The predicted octanol–water partition coefficient (Wildman–Crippen LogP) is 2.56. The van der Waals surface area contributed by atoms with Crippen molar-refractivity contribution < 1.29 is 17.9 Å². The van der Waals surface area contributed by atoms with Crippen molar-refractivity contribution in [2.24, 2.45) is 5.92 Å². The Morgan fingerprint density at radius 3 is 2.56 bits per heavy atom. The molecule has 6 heteroatoms. The lowest BCUT2D eigenvalue weighted by Crippen LogP contribution is -2.34. The van der Waals surface area contributed by atoms with E-state index >= 15 is 0 Å². The zero-order valence-electron chi connectivity index (χ0n) is 9.02. The van der Waals surface area contributed by atoms with Crippen molar-refractivity contribution in [1.82, 2.24) is 5.32 Å². The van der Waals surface area contributed by atoms with E-state index in [0.29, 0.717) is 24.3 Å². The first kappa shape index (κ1) is 14.1. The first-order valence-corrected chi connectivity index (χ1v) is 5.90. The molecule has 0 bridgehead atoms. The van der Waals surface area contributed by atoms with Crippen LogP contribution in [0.25, 0.3) is 0 Å². The summed E-state index contributed by atoms with van der Waals surface area (Å²) in [7, 11) is 0. The molecule has 0 saturated heterocycles. The number of nitrogens with one attached hydrogen (secondary N) is 1. The third kappa shape index (κ3) is 6.55. The van der Waals surface area contributed by atoms with Crippen molar-refractivity contribution in [3.05, 3.63) is 0 Å². The van der Waals surface area contributed by atoms with Crippen molar-refractivity contribution >= 4 is 11.6 Å². The zero-order valence-corrected chi connectivity index (χ0v) is 9.78. The van der Waals surface area contributed by atoms with Gasteiger partial charge in [-0.2, -0.15) is 13.2 Å². The number of alkyl halides is 4. The van der Waals surface area contributed by atoms with Gasteiger partial charge in [0.2, 0.25) is 0 Å². The van der Waals surface area contributed by atoms with E-state index < -0.39 is 12.8 Å². The van der Waals surface area contributed by atoms with Gasteiger partial charge in [-0.1, -0.05) is 0 Å². The number of ether oxygens (including phenoxy) is 1. The highest BCUT2D eigenvalue weighted by Gasteiger charge is 2.27. The summed E-state index contributed by atoms with van der Waals surface area (Å²) >= 11 is 5.81. The smallest absolute Gasteiger partial charge is 0.372 e. The fourth-order valence-electron chi connectivity index (χ4n) is 1.61. The van der Waals surface area contributed by atoms with E-state index in [1.807, 2.05) is 0 Å². The van der Waals surface area contributed by atoms with E-state index in [0.717, 1.165) is 19.4 Å². The molecule has 1 fully saturated rings. The van der Waals surface area contributed by atoms with Crippen LogP contribution in [0.2, 0.25) is 0 Å². The van der Waals surface area contributed by atoms with Gasteiger partial charge in [0.1, 0.15) is 6.61 Å². The summed E-state index contributed by atoms with van der Waals surface area (Å²) in [6.07, 6.45) is -1.53. The van der Waals surface area contributed by atoms with Crippen LogP contribution in [0, 0.1) is 5.92 Å². The van der Waals surface area contributed by atoms with Crippen molar-refractivity contribution in [1.29, 1.82) is 0 Å². The molecule has 1 saturated carbocycles. The SMILES string of the molecule is FC(F)(F)COCCCNCC1CC(Cl)C1. The van der Waals surface area contributed by atoms with E-state index in [1.54, 1.807) is 0 Å². The highest BCUT2D eigenvalue weighted by molar-refractivity contribution is 6.21. The van der Waals surface area contributed by atoms with Gasteiger partial charge in [-0.05, 0) is 38.3 Å². The minimum absolute atomic E-state index is 0.148. The molecular formula is C10H17ClF3NO. The Balaban J connectivity index is 1.78. The first-order chi connectivity index (χ1) is 7.47. The molecule has 0 aromatic heterocycles. The van der Waals surface area contributed by atoms with Gasteiger partial charge in [0.05, 0.1) is 0 Å². The van der Waals surface area contributed by atoms with E-state index in [-0.39, 0.29) is 6.61 Å². The second-order valence-corrected chi connectivity index (χ2v) is 4.78. The lowest BCUT2D eigenvalue weighted by Gasteiger charge is -2.30. The molecule has 0 aromatic carbocycles. The lowest BCUT2D eigenvalue weighted by molar-refractivity contribution is -0.173. The van der Waals surface area contributed by atoms with Crippen LogP contribution in [0.15, 0.2) is 0 Å². The molecule has 1 rings (SSSR count). The molecule has 1 N–H and O–H groups in total. The van der Waals surface area contributed by atoms with Crippen molar-refractivity contribution in [2.75, 3.05) is 26.3 Å². The monoisotopic (exact) mass is 259 g/mol. The highest BCUT2D eigenvalue weighted by Crippen LogP contribution is 2.30. The maximum Gasteiger partial charge on any atom is 0.411 e. The lowest BCUT2D eigenvalue weighted by atomic mass is 9.85. The van der Waals surface area contributed by atoms with Crippen LogP contribution < -0.4 is 5.32 Å². The van der Waals surface area contributed by atoms with Crippen LogP contribution in [-0.4, -0.2) is 37.9 Å². The standard InChI is InChI=1S/C10H17ClF3NO/c11-9-4-8(5-9)6-15-2-1-3-16-7-10(12,13)14/h8-9,15H,1-7H2. The second-order valence-electron chi connectivity index (χ2n) is 4.16. The van der Waals surface area contributed by atoms with Gasteiger partial charge in [0.25, 0.3) is 0 Å². The van der Waals surface area contributed by atoms with Gasteiger partial charge in [0, 0.05) is 12.0 Å². The normalized spacial score (nSPS) is 25.5. The Bertz CT molecular complexity index is 195. The van der Waals surface area contributed by atoms with Gasteiger partial charge >= 0.3 is 6.18 Å². The first-order valence-electron chi connectivity index (χ1n) is 5.46. The van der Waals surface area contributed by atoms with E-state index in [4.69, 9.17) is 11.6 Å². The number of hydrogen-bond donors (Lipinski definition) is 1. The number of hydrogen-bond acceptors (Lipinski definition) is 2. The highest BCUT2D eigenvalue weighted by atomic mass is 35.5. The summed E-state index contributed by atoms with van der Waals surface area (Å²) in [5.41, 5.74) is 0. The molecule has 0 amide bonds. The molecule has 0 heterocycles. The van der Waals surface area contributed by atoms with Crippen LogP contribution in [0.1, 0.15) is 19.3 Å². The molecule has 0 spiro atoms. The van der Waals surface area contributed by atoms with Crippen LogP contribution in [0.5, 0.6) is 0 Å². The minimum atomic E-state index is -4.21. The minimum Gasteiger partial charge on any atom is -0.372 e. The second kappa shape index (κ2) is 6.67. The van der Waals surface area contributed by atoms with E-state index in [2.05, 4.69) is 10.1 Å². The molecule has 96 valence electrons. The van der Waals surface area contributed by atoms with Crippen LogP contribution in [-0.2, 0) is 4.74 Å². The Morgan fingerprint density at radius 1 is 1.31 bits per heavy atom. The van der Waals surface area contributed by atoms with Gasteiger partial charge in [-0.3, -0.25) is 0 Å². The Kier molecular flexibility index (Phi) is 5.86. The fourth-order valence-corrected chi connectivity index (χ4v) is 2.12. The van der Waals surface area contributed by atoms with Gasteiger partial charge in [0.15, 0.2) is 0 Å². The van der Waals surface area contributed by atoms with Gasteiger partial charge in [-0.25, -0.2) is 0 Å². The maximum absolute atomic E-state index is 11.7. The summed E-state index contributed by atoms with van der Waals surface area (Å²) in [6.45, 7) is 0.600. The van der Waals surface area contributed by atoms with Crippen molar-refractivity contribution in [3.8, 4) is 0 Å².